The first-order valence-corrected chi connectivity index (χ1v) is 19.3. The number of urea groups is 1. The van der Waals surface area contributed by atoms with E-state index in [0.29, 0.717) is 38.0 Å². The topological polar surface area (TPSA) is 128 Å². The maximum absolute atomic E-state index is 13.9. The molecule has 3 heterocycles. The molecule has 3 aromatic rings. The summed E-state index contributed by atoms with van der Waals surface area (Å²) in [4.78, 5) is 32.6. The van der Waals surface area contributed by atoms with Crippen LogP contribution in [-0.4, -0.2) is 101 Å². The highest BCUT2D eigenvalue weighted by Gasteiger charge is 2.37. The van der Waals surface area contributed by atoms with Gasteiger partial charge in [0.25, 0.3) is 0 Å². The number of nitrogens with zero attached hydrogens (tertiary/aromatic N) is 5. The summed E-state index contributed by atoms with van der Waals surface area (Å²) in [6, 6.07) is 15.3. The van der Waals surface area contributed by atoms with Gasteiger partial charge in [0.15, 0.2) is 5.69 Å². The van der Waals surface area contributed by atoms with E-state index in [9.17, 15) is 36.3 Å². The SMILES string of the molecule is Cc1ccc(S(=O)(=O)NC(Cc2ccccc2)C(=O)N2CCC(C3CCN(C(=O)N(CC(O)Cn4ccc(C(F)(F)F)n4)C(C)C)CC3)CC2)cc1. The van der Waals surface area contributed by atoms with Gasteiger partial charge >= 0.3 is 12.2 Å². The molecule has 0 bridgehead atoms. The number of piperidine rings is 2. The van der Waals surface area contributed by atoms with Crippen LogP contribution < -0.4 is 4.72 Å². The lowest BCUT2D eigenvalue weighted by atomic mass is 9.78. The number of aromatic nitrogens is 2. The Labute approximate surface area is 303 Å². The van der Waals surface area contributed by atoms with E-state index in [-0.39, 0.29) is 42.4 Å². The zero-order valence-corrected chi connectivity index (χ0v) is 30.7. The van der Waals surface area contributed by atoms with E-state index in [1.807, 2.05) is 51.1 Å². The highest BCUT2D eigenvalue weighted by molar-refractivity contribution is 7.89. The fraction of sp³-hybridized carbons (Fsp3) is 0.541. The quantitative estimate of drug-likeness (QED) is 0.271. The number of nitrogens with one attached hydrogen (secondary N) is 1. The van der Waals surface area contributed by atoms with E-state index < -0.39 is 34.0 Å². The van der Waals surface area contributed by atoms with Crippen molar-refractivity contribution in [2.45, 2.75) is 88.7 Å². The molecule has 0 radical (unpaired) electrons. The van der Waals surface area contributed by atoms with Crippen LogP contribution in [0.15, 0.2) is 71.8 Å². The average Bonchev–Trinajstić information content (AvgIpc) is 3.60. The third-order valence-corrected chi connectivity index (χ3v) is 11.6. The molecule has 5 rings (SSSR count). The number of alkyl halides is 3. The highest BCUT2D eigenvalue weighted by Crippen LogP contribution is 2.33. The van der Waals surface area contributed by atoms with Crippen molar-refractivity contribution < 1.29 is 36.3 Å². The molecule has 2 saturated heterocycles. The molecule has 2 aromatic carbocycles. The minimum atomic E-state index is -4.58. The van der Waals surface area contributed by atoms with Gasteiger partial charge in [0.2, 0.25) is 15.9 Å². The second kappa shape index (κ2) is 16.8. The minimum Gasteiger partial charge on any atom is -0.389 e. The fourth-order valence-electron chi connectivity index (χ4n) is 7.18. The van der Waals surface area contributed by atoms with E-state index in [4.69, 9.17) is 0 Å². The Bertz CT molecular complexity index is 1740. The molecule has 0 aliphatic carbocycles. The maximum atomic E-state index is 13.9. The number of amides is 3. The summed E-state index contributed by atoms with van der Waals surface area (Å²) in [7, 11) is -3.95. The summed E-state index contributed by atoms with van der Waals surface area (Å²) < 4.78 is 69.2. The predicted octanol–water partition coefficient (Wildman–Crippen LogP) is 4.94. The van der Waals surface area contributed by atoms with Crippen LogP contribution in [0.3, 0.4) is 0 Å². The Kier molecular flexibility index (Phi) is 12.7. The van der Waals surface area contributed by atoms with Crippen LogP contribution in [0, 0.1) is 18.8 Å². The highest BCUT2D eigenvalue weighted by atomic mass is 32.2. The largest absolute Gasteiger partial charge is 0.435 e. The van der Waals surface area contributed by atoms with E-state index in [2.05, 4.69) is 9.82 Å². The van der Waals surface area contributed by atoms with E-state index in [0.717, 1.165) is 53.8 Å². The molecule has 2 unspecified atom stereocenters. The van der Waals surface area contributed by atoms with Gasteiger partial charge in [-0.15, -0.1) is 0 Å². The normalized spacial score (nSPS) is 17.7. The average molecular weight is 747 g/mol. The van der Waals surface area contributed by atoms with Crippen LogP contribution >= 0.6 is 0 Å². The lowest BCUT2D eigenvalue weighted by Crippen LogP contribution is -2.53. The monoisotopic (exact) mass is 746 g/mol. The summed E-state index contributed by atoms with van der Waals surface area (Å²) in [5.41, 5.74) is 0.749. The zero-order valence-electron chi connectivity index (χ0n) is 29.9. The second-order valence-electron chi connectivity index (χ2n) is 14.3. The van der Waals surface area contributed by atoms with E-state index in [1.165, 1.54) is 12.1 Å². The maximum Gasteiger partial charge on any atom is 0.435 e. The number of aliphatic hydroxyl groups excluding tert-OH is 1. The molecule has 3 amide bonds. The van der Waals surface area contributed by atoms with Gasteiger partial charge in [0, 0.05) is 38.4 Å². The fourth-order valence-corrected chi connectivity index (χ4v) is 8.37. The molecule has 1 aromatic heterocycles. The van der Waals surface area contributed by atoms with Crippen molar-refractivity contribution in [1.29, 1.82) is 0 Å². The van der Waals surface area contributed by atoms with Crippen LogP contribution in [0.5, 0.6) is 0 Å². The Hall–Kier alpha value is -3.95. The number of benzene rings is 2. The van der Waals surface area contributed by atoms with Gasteiger partial charge < -0.3 is 19.8 Å². The third-order valence-electron chi connectivity index (χ3n) is 10.1. The Balaban J connectivity index is 1.13. The number of carbonyl (C=O) groups excluding carboxylic acids is 2. The number of carbonyl (C=O) groups is 2. The van der Waals surface area contributed by atoms with Crippen LogP contribution in [0.1, 0.15) is 56.4 Å². The molecular weight excluding hydrogens is 698 g/mol. The number of sulfonamides is 1. The molecule has 2 atom stereocenters. The zero-order chi connectivity index (χ0) is 37.6. The Morgan fingerprint density at radius 2 is 1.50 bits per heavy atom. The number of hydrogen-bond acceptors (Lipinski definition) is 6. The second-order valence-corrected chi connectivity index (χ2v) is 16.0. The van der Waals surface area contributed by atoms with Crippen molar-refractivity contribution in [3.05, 3.63) is 83.7 Å². The Morgan fingerprint density at radius 1 is 0.923 bits per heavy atom. The van der Waals surface area contributed by atoms with Crippen molar-refractivity contribution in [2.24, 2.45) is 11.8 Å². The molecule has 2 N–H and O–H groups in total. The summed E-state index contributed by atoms with van der Waals surface area (Å²) in [6.07, 6.45) is -1.16. The Morgan fingerprint density at radius 3 is 2.04 bits per heavy atom. The summed E-state index contributed by atoms with van der Waals surface area (Å²) >= 11 is 0. The standard InChI is InChI=1S/C37H49F3N6O5S/c1-26(2)46(25-31(47)24-45-22-17-34(41-45)37(38,39)40)36(49)44-20-15-30(16-21-44)29-13-18-43(19-14-29)35(48)33(23-28-7-5-4-6-8-28)42-52(50,51)32-11-9-27(3)10-12-32/h4-12,17,22,26,29-31,33,42,47H,13-16,18-21,23-25H2,1-3H3. The smallest absolute Gasteiger partial charge is 0.389 e. The molecule has 0 saturated carbocycles. The van der Waals surface area contributed by atoms with E-state index in [1.54, 1.807) is 26.8 Å². The predicted molar refractivity (Wildman–Crippen MR) is 190 cm³/mol. The first kappa shape index (κ1) is 39.3. The molecule has 0 spiro atoms. The molecule has 52 heavy (non-hydrogen) atoms. The summed E-state index contributed by atoms with van der Waals surface area (Å²) in [5.74, 6) is 0.474. The first-order valence-electron chi connectivity index (χ1n) is 17.9. The van der Waals surface area contributed by atoms with Crippen LogP contribution in [0.25, 0.3) is 0 Å². The van der Waals surface area contributed by atoms with Gasteiger partial charge in [-0.25, -0.2) is 13.2 Å². The number of likely N-dealkylation sites (tertiary alicyclic amines) is 2. The lowest BCUT2D eigenvalue weighted by molar-refractivity contribution is -0.141. The first-order chi connectivity index (χ1) is 24.6. The van der Waals surface area contributed by atoms with Gasteiger partial charge in [-0.1, -0.05) is 48.0 Å². The minimum absolute atomic E-state index is 0.0451. The summed E-state index contributed by atoms with van der Waals surface area (Å²) in [5, 5.41) is 14.2. The number of aliphatic hydroxyl groups is 1. The summed E-state index contributed by atoms with van der Waals surface area (Å²) in [6.45, 7) is 7.42. The van der Waals surface area contributed by atoms with Crippen LogP contribution in [0.2, 0.25) is 0 Å². The van der Waals surface area contributed by atoms with Gasteiger partial charge in [-0.05, 0) is 88.5 Å². The molecular formula is C37H49F3N6O5S. The van der Waals surface area contributed by atoms with Crippen LogP contribution in [-0.2, 0) is 34.0 Å². The number of aryl methyl sites for hydroxylation is 1. The van der Waals surface area contributed by atoms with Crippen molar-refractivity contribution >= 4 is 22.0 Å². The van der Waals surface area contributed by atoms with Crippen molar-refractivity contribution in [3.63, 3.8) is 0 Å². The molecule has 11 nitrogen and oxygen atoms in total. The number of halogens is 3. The van der Waals surface area contributed by atoms with Crippen LogP contribution in [0.4, 0.5) is 18.0 Å². The van der Waals surface area contributed by atoms with Gasteiger partial charge in [0.1, 0.15) is 6.04 Å². The van der Waals surface area contributed by atoms with Crippen molar-refractivity contribution in [3.8, 4) is 0 Å². The molecule has 2 aliphatic heterocycles. The van der Waals surface area contributed by atoms with Crippen molar-refractivity contribution in [1.82, 2.24) is 29.2 Å². The molecule has 2 fully saturated rings. The van der Waals surface area contributed by atoms with E-state index >= 15 is 0 Å². The third kappa shape index (κ3) is 10.1. The molecule has 15 heteroatoms. The van der Waals surface area contributed by atoms with Gasteiger partial charge in [0.05, 0.1) is 24.1 Å². The molecule has 2 aliphatic rings. The van der Waals surface area contributed by atoms with Crippen molar-refractivity contribution in [2.75, 3.05) is 32.7 Å². The number of hydrogen-bond donors (Lipinski definition) is 2. The van der Waals surface area contributed by atoms with Gasteiger partial charge in [-0.2, -0.15) is 23.0 Å². The lowest BCUT2D eigenvalue weighted by Gasteiger charge is -2.42. The van der Waals surface area contributed by atoms with Gasteiger partial charge in [-0.3, -0.25) is 9.48 Å². The molecule has 284 valence electrons. The number of rotatable bonds is 12.